The maximum absolute atomic E-state index is 11.3. The van der Waals surface area contributed by atoms with Crippen molar-refractivity contribution in [2.24, 2.45) is 11.1 Å². The van der Waals surface area contributed by atoms with E-state index in [4.69, 9.17) is 9.88 Å². The lowest BCUT2D eigenvalue weighted by Gasteiger charge is -2.17. The second-order valence-electron chi connectivity index (χ2n) is 5.06. The Morgan fingerprint density at radius 1 is 1.52 bits per heavy atom. The van der Waals surface area contributed by atoms with Gasteiger partial charge in [-0.2, -0.15) is 0 Å². The van der Waals surface area contributed by atoms with Crippen molar-refractivity contribution in [1.82, 2.24) is 0 Å². The molecule has 0 radical (unpaired) electrons. The summed E-state index contributed by atoms with van der Waals surface area (Å²) < 4.78 is 28.0. The number of ether oxygens (including phenoxy) is 1. The second kappa shape index (κ2) is 6.00. The predicted octanol–water partition coefficient (Wildman–Crippen LogP) is 0.869. The molecule has 1 saturated heterocycles. The molecule has 0 amide bonds. The lowest BCUT2D eigenvalue weighted by Crippen LogP contribution is -2.22. The third-order valence-corrected chi connectivity index (χ3v) is 4.55. The third kappa shape index (κ3) is 3.72. The van der Waals surface area contributed by atoms with Crippen LogP contribution >= 0.6 is 0 Å². The van der Waals surface area contributed by atoms with Gasteiger partial charge in [0, 0.05) is 24.8 Å². The van der Waals surface area contributed by atoms with Crippen LogP contribution in [0.4, 0.5) is 5.69 Å². The molecule has 0 saturated carbocycles. The van der Waals surface area contributed by atoms with E-state index in [1.165, 1.54) is 12.1 Å². The van der Waals surface area contributed by atoms with Crippen LogP contribution in [0.25, 0.3) is 0 Å². The fourth-order valence-corrected chi connectivity index (χ4v) is 2.86. The third-order valence-electron chi connectivity index (χ3n) is 3.64. The van der Waals surface area contributed by atoms with Crippen LogP contribution < -0.4 is 10.5 Å². The topological polar surface area (TPSA) is 119 Å². The van der Waals surface area contributed by atoms with E-state index in [9.17, 15) is 18.3 Å². The molecule has 1 fully saturated rings. The normalized spacial score (nSPS) is 22.2. The summed E-state index contributed by atoms with van der Waals surface area (Å²) in [7, 11) is -3.93. The maximum Gasteiger partial charge on any atom is 0.337 e. The number of benzene rings is 1. The summed E-state index contributed by atoms with van der Waals surface area (Å²) in [5, 5.41) is 17.3. The van der Waals surface area contributed by atoms with E-state index in [2.05, 4.69) is 5.32 Å². The molecule has 2 unspecified atom stereocenters. The monoisotopic (exact) mass is 314 g/mol. The molecule has 2 rings (SSSR count). The number of sulfonamides is 1. The minimum Gasteiger partial charge on any atom is -0.478 e. The SMILES string of the molecule is CC1OCCC1CNc1ccc(S(N)(=O)=O)cc1C(=O)O. The van der Waals surface area contributed by atoms with Crippen molar-refractivity contribution in [3.8, 4) is 0 Å². The van der Waals surface area contributed by atoms with Crippen LogP contribution in [0.3, 0.4) is 0 Å². The highest BCUT2D eigenvalue weighted by molar-refractivity contribution is 7.89. The summed E-state index contributed by atoms with van der Waals surface area (Å²) in [6.45, 7) is 3.24. The number of carboxylic acids is 1. The van der Waals surface area contributed by atoms with Crippen LogP contribution in [0.15, 0.2) is 23.1 Å². The zero-order chi connectivity index (χ0) is 15.6. The van der Waals surface area contributed by atoms with Crippen LogP contribution in [-0.2, 0) is 14.8 Å². The van der Waals surface area contributed by atoms with Crippen LogP contribution in [0.1, 0.15) is 23.7 Å². The molecular formula is C13H18N2O5S. The lowest BCUT2D eigenvalue weighted by molar-refractivity contribution is 0.0697. The molecule has 1 heterocycles. The van der Waals surface area contributed by atoms with Crippen LogP contribution in [-0.4, -0.2) is 38.7 Å². The molecule has 0 spiro atoms. The highest BCUT2D eigenvalue weighted by Crippen LogP contribution is 2.24. The molecule has 1 aliphatic heterocycles. The molecule has 0 aliphatic carbocycles. The van der Waals surface area contributed by atoms with E-state index in [-0.39, 0.29) is 16.6 Å². The Morgan fingerprint density at radius 3 is 2.76 bits per heavy atom. The van der Waals surface area contributed by atoms with Crippen molar-refractivity contribution in [1.29, 1.82) is 0 Å². The van der Waals surface area contributed by atoms with Crippen LogP contribution in [0.5, 0.6) is 0 Å². The molecule has 1 aliphatic rings. The molecule has 0 bridgehead atoms. The van der Waals surface area contributed by atoms with E-state index in [0.717, 1.165) is 12.5 Å². The van der Waals surface area contributed by atoms with Gasteiger partial charge in [0.1, 0.15) is 0 Å². The maximum atomic E-state index is 11.3. The number of hydrogen-bond acceptors (Lipinski definition) is 5. The quantitative estimate of drug-likeness (QED) is 0.742. The van der Waals surface area contributed by atoms with Gasteiger partial charge in [-0.3, -0.25) is 0 Å². The molecule has 8 heteroatoms. The fourth-order valence-electron chi connectivity index (χ4n) is 2.32. The largest absolute Gasteiger partial charge is 0.478 e. The van der Waals surface area contributed by atoms with E-state index >= 15 is 0 Å². The number of carbonyl (C=O) groups is 1. The number of primary sulfonamides is 1. The average molecular weight is 314 g/mol. The highest BCUT2D eigenvalue weighted by atomic mass is 32.2. The van der Waals surface area contributed by atoms with Gasteiger partial charge in [-0.25, -0.2) is 18.4 Å². The molecule has 21 heavy (non-hydrogen) atoms. The van der Waals surface area contributed by atoms with Crippen molar-refractivity contribution < 1.29 is 23.1 Å². The molecular weight excluding hydrogens is 296 g/mol. The smallest absolute Gasteiger partial charge is 0.337 e. The van der Waals surface area contributed by atoms with E-state index in [0.29, 0.717) is 24.8 Å². The van der Waals surface area contributed by atoms with Crippen molar-refractivity contribution in [3.05, 3.63) is 23.8 Å². The van der Waals surface area contributed by atoms with Gasteiger partial charge in [-0.15, -0.1) is 0 Å². The number of aromatic carboxylic acids is 1. The van der Waals surface area contributed by atoms with E-state index in [1.54, 1.807) is 0 Å². The fraction of sp³-hybridized carbons (Fsp3) is 0.462. The summed E-state index contributed by atoms with van der Waals surface area (Å²) in [6, 6.07) is 3.77. The first-order valence-electron chi connectivity index (χ1n) is 6.54. The number of nitrogens with one attached hydrogen (secondary N) is 1. The van der Waals surface area contributed by atoms with Crippen LogP contribution in [0, 0.1) is 5.92 Å². The zero-order valence-electron chi connectivity index (χ0n) is 11.6. The second-order valence-corrected chi connectivity index (χ2v) is 6.62. The zero-order valence-corrected chi connectivity index (χ0v) is 12.4. The molecule has 7 nitrogen and oxygen atoms in total. The Morgan fingerprint density at radius 2 is 2.24 bits per heavy atom. The number of carboxylic acid groups (broad SMARTS) is 1. The summed E-state index contributed by atoms with van der Waals surface area (Å²) in [4.78, 5) is 11.0. The first kappa shape index (κ1) is 15.7. The Labute approximate surface area is 123 Å². The Kier molecular flexibility index (Phi) is 4.50. The number of hydrogen-bond donors (Lipinski definition) is 3. The number of anilines is 1. The van der Waals surface area contributed by atoms with Gasteiger partial charge in [0.25, 0.3) is 0 Å². The molecule has 2 atom stereocenters. The molecule has 1 aromatic rings. The number of rotatable bonds is 5. The van der Waals surface area contributed by atoms with Gasteiger partial charge in [-0.1, -0.05) is 0 Å². The first-order valence-corrected chi connectivity index (χ1v) is 8.09. The highest BCUT2D eigenvalue weighted by Gasteiger charge is 2.24. The van der Waals surface area contributed by atoms with Gasteiger partial charge in [0.05, 0.1) is 16.6 Å². The molecule has 0 aromatic heterocycles. The summed E-state index contributed by atoms with van der Waals surface area (Å²) in [6.07, 6.45) is 1.03. The standard InChI is InChI=1S/C13H18N2O5S/c1-8-9(4-5-20-8)7-15-12-3-2-10(21(14,18)19)6-11(12)13(16)17/h2-3,6,8-9,15H,4-5,7H2,1H3,(H,16,17)(H2,14,18,19). The lowest BCUT2D eigenvalue weighted by atomic mass is 10.0. The van der Waals surface area contributed by atoms with Gasteiger partial charge in [0.15, 0.2) is 0 Å². The minimum atomic E-state index is -3.93. The predicted molar refractivity (Wildman–Crippen MR) is 76.8 cm³/mol. The Bertz CT molecular complexity index is 644. The summed E-state index contributed by atoms with van der Waals surface area (Å²) in [5.41, 5.74) is 0.252. The molecule has 4 N–H and O–H groups in total. The van der Waals surface area contributed by atoms with Crippen molar-refractivity contribution >= 4 is 21.7 Å². The minimum absolute atomic E-state index is 0.118. The molecule has 1 aromatic carbocycles. The van der Waals surface area contributed by atoms with Gasteiger partial charge in [-0.05, 0) is 31.5 Å². The van der Waals surface area contributed by atoms with Crippen molar-refractivity contribution in [2.75, 3.05) is 18.5 Å². The molecule has 116 valence electrons. The average Bonchev–Trinajstić information content (AvgIpc) is 2.80. The first-order chi connectivity index (χ1) is 9.79. The Balaban J connectivity index is 2.21. The van der Waals surface area contributed by atoms with E-state index in [1.807, 2.05) is 6.92 Å². The summed E-state index contributed by atoms with van der Waals surface area (Å²) >= 11 is 0. The van der Waals surface area contributed by atoms with E-state index < -0.39 is 16.0 Å². The van der Waals surface area contributed by atoms with Crippen molar-refractivity contribution in [3.63, 3.8) is 0 Å². The summed E-state index contributed by atoms with van der Waals surface area (Å²) in [5.74, 6) is -0.914. The Hall–Kier alpha value is -1.64. The van der Waals surface area contributed by atoms with Gasteiger partial charge >= 0.3 is 5.97 Å². The van der Waals surface area contributed by atoms with Gasteiger partial charge in [0.2, 0.25) is 10.0 Å². The number of nitrogens with two attached hydrogens (primary N) is 1. The van der Waals surface area contributed by atoms with Crippen LogP contribution in [0.2, 0.25) is 0 Å². The van der Waals surface area contributed by atoms with Crippen molar-refractivity contribution in [2.45, 2.75) is 24.3 Å². The van der Waals surface area contributed by atoms with Gasteiger partial charge < -0.3 is 15.2 Å².